The number of hydrogen-bond acceptors (Lipinski definition) is 8. The van der Waals surface area contributed by atoms with E-state index in [1.54, 1.807) is 0 Å². The summed E-state index contributed by atoms with van der Waals surface area (Å²) < 4.78 is 0. The molecule has 12 nitrogen and oxygen atoms in total. The second kappa shape index (κ2) is 7.11. The molecule has 0 unspecified atom stereocenters. The standard InChI is InChI=1S/C15H12N4O8/c1-8-3-10(6-12(16(20)21)14(8)18(24)25)5-11-4-9(2)15(19(26)27)13(7-11)17(22)23/h3-4,6-7H,5H2,1-2H3. The fourth-order valence-electron chi connectivity index (χ4n) is 2.86. The minimum atomic E-state index is -0.877. The lowest BCUT2D eigenvalue weighted by atomic mass is 9.98. The van der Waals surface area contributed by atoms with Crippen LogP contribution in [0.5, 0.6) is 0 Å². The van der Waals surface area contributed by atoms with Crippen molar-refractivity contribution in [2.45, 2.75) is 20.3 Å². The van der Waals surface area contributed by atoms with E-state index >= 15 is 0 Å². The Labute approximate surface area is 150 Å². The average molecular weight is 376 g/mol. The predicted octanol–water partition coefficient (Wildman–Crippen LogP) is 3.53. The highest BCUT2D eigenvalue weighted by Crippen LogP contribution is 2.35. The number of hydrogen-bond donors (Lipinski definition) is 0. The highest BCUT2D eigenvalue weighted by molar-refractivity contribution is 5.62. The van der Waals surface area contributed by atoms with E-state index < -0.39 is 42.4 Å². The third-order valence-electron chi connectivity index (χ3n) is 3.85. The summed E-state index contributed by atoms with van der Waals surface area (Å²) in [5, 5.41) is 44.4. The lowest BCUT2D eigenvalue weighted by Crippen LogP contribution is -2.03. The van der Waals surface area contributed by atoms with Gasteiger partial charge in [-0.05, 0) is 43.5 Å². The summed E-state index contributed by atoms with van der Waals surface area (Å²) in [5.74, 6) is 0. The van der Waals surface area contributed by atoms with Crippen molar-refractivity contribution in [2.75, 3.05) is 0 Å². The molecule has 27 heavy (non-hydrogen) atoms. The maximum absolute atomic E-state index is 11.1. The van der Waals surface area contributed by atoms with E-state index in [-0.39, 0.29) is 17.5 Å². The second-order valence-electron chi connectivity index (χ2n) is 5.77. The van der Waals surface area contributed by atoms with Crippen LogP contribution >= 0.6 is 0 Å². The molecular formula is C15H12N4O8. The Hall–Kier alpha value is -3.96. The number of nitro benzene ring substituents is 4. The molecule has 0 aliphatic carbocycles. The van der Waals surface area contributed by atoms with Gasteiger partial charge in [0.15, 0.2) is 0 Å². The SMILES string of the molecule is Cc1cc(Cc2cc(C)c([N+](=O)[O-])c([N+](=O)[O-])c2)cc([N+](=O)[O-])c1[N+](=O)[O-]. The molecule has 0 atom stereocenters. The molecule has 12 heteroatoms. The number of benzene rings is 2. The first-order valence-corrected chi connectivity index (χ1v) is 7.37. The van der Waals surface area contributed by atoms with Crippen molar-refractivity contribution in [3.05, 3.63) is 87.0 Å². The highest BCUT2D eigenvalue weighted by Gasteiger charge is 2.29. The van der Waals surface area contributed by atoms with E-state index in [9.17, 15) is 40.5 Å². The summed E-state index contributed by atoms with van der Waals surface area (Å²) in [6, 6.07) is 4.78. The third-order valence-corrected chi connectivity index (χ3v) is 3.85. The predicted molar refractivity (Wildman–Crippen MR) is 91.8 cm³/mol. The van der Waals surface area contributed by atoms with Crippen LogP contribution in [0.4, 0.5) is 22.7 Å². The zero-order valence-corrected chi connectivity index (χ0v) is 14.1. The molecule has 0 spiro atoms. The molecule has 2 aromatic carbocycles. The summed E-state index contributed by atoms with van der Waals surface area (Å²) >= 11 is 0. The molecule has 0 fully saturated rings. The van der Waals surface area contributed by atoms with E-state index in [4.69, 9.17) is 0 Å². The Balaban J connectivity index is 2.58. The normalized spacial score (nSPS) is 10.4. The molecule has 0 aromatic heterocycles. The first kappa shape index (κ1) is 19.4. The topological polar surface area (TPSA) is 173 Å². The number of nitro groups is 4. The largest absolute Gasteiger partial charge is 0.348 e. The quantitative estimate of drug-likeness (QED) is 0.543. The van der Waals surface area contributed by atoms with Crippen molar-refractivity contribution in [2.24, 2.45) is 0 Å². The van der Waals surface area contributed by atoms with Crippen LogP contribution in [0.25, 0.3) is 0 Å². The third kappa shape index (κ3) is 3.84. The van der Waals surface area contributed by atoms with E-state index in [2.05, 4.69) is 0 Å². The summed E-state index contributed by atoms with van der Waals surface area (Å²) in [5.41, 5.74) is -1.88. The Morgan fingerprint density at radius 1 is 0.630 bits per heavy atom. The zero-order chi connectivity index (χ0) is 20.5. The molecule has 0 bridgehead atoms. The molecular weight excluding hydrogens is 364 g/mol. The van der Waals surface area contributed by atoms with Crippen LogP contribution < -0.4 is 0 Å². The van der Waals surface area contributed by atoms with Crippen LogP contribution in [0.2, 0.25) is 0 Å². The van der Waals surface area contributed by atoms with Crippen LogP contribution in [0, 0.1) is 54.3 Å². The van der Waals surface area contributed by atoms with Crippen molar-refractivity contribution in [1.82, 2.24) is 0 Å². The van der Waals surface area contributed by atoms with Gasteiger partial charge in [0.2, 0.25) is 0 Å². The van der Waals surface area contributed by atoms with Gasteiger partial charge < -0.3 is 0 Å². The van der Waals surface area contributed by atoms with Gasteiger partial charge in [-0.25, -0.2) is 0 Å². The van der Waals surface area contributed by atoms with Gasteiger partial charge >= 0.3 is 22.7 Å². The van der Waals surface area contributed by atoms with Crippen molar-refractivity contribution < 1.29 is 19.7 Å². The van der Waals surface area contributed by atoms with Crippen molar-refractivity contribution in [1.29, 1.82) is 0 Å². The maximum Gasteiger partial charge on any atom is 0.348 e. The monoisotopic (exact) mass is 376 g/mol. The van der Waals surface area contributed by atoms with Crippen molar-refractivity contribution in [3.8, 4) is 0 Å². The summed E-state index contributed by atoms with van der Waals surface area (Å²) in [6.45, 7) is 2.69. The fraction of sp³-hybridized carbons (Fsp3) is 0.200. The van der Waals surface area contributed by atoms with Gasteiger partial charge in [0.25, 0.3) is 0 Å². The lowest BCUT2D eigenvalue weighted by molar-refractivity contribution is -0.422. The van der Waals surface area contributed by atoms with E-state index in [0.29, 0.717) is 11.1 Å². The smallest absolute Gasteiger partial charge is 0.258 e. The number of aryl methyl sites for hydroxylation is 2. The van der Waals surface area contributed by atoms with Gasteiger partial charge in [-0.2, -0.15) is 0 Å². The number of nitrogens with zero attached hydrogens (tertiary/aromatic N) is 4. The van der Waals surface area contributed by atoms with Crippen molar-refractivity contribution in [3.63, 3.8) is 0 Å². The molecule has 0 amide bonds. The molecule has 2 aromatic rings. The Morgan fingerprint density at radius 3 is 1.22 bits per heavy atom. The highest BCUT2D eigenvalue weighted by atomic mass is 16.6. The first-order chi connectivity index (χ1) is 12.5. The molecule has 0 saturated carbocycles. The summed E-state index contributed by atoms with van der Waals surface area (Å²) in [4.78, 5) is 40.9. The molecule has 0 N–H and O–H groups in total. The molecule has 2 rings (SSSR count). The summed E-state index contributed by atoms with van der Waals surface area (Å²) in [7, 11) is 0. The zero-order valence-electron chi connectivity index (χ0n) is 14.1. The summed E-state index contributed by atoms with van der Waals surface area (Å²) in [6.07, 6.45) is -0.0284. The molecule has 0 aliphatic rings. The van der Waals surface area contributed by atoms with E-state index in [0.717, 1.165) is 12.1 Å². The van der Waals surface area contributed by atoms with Crippen LogP contribution in [0.1, 0.15) is 22.3 Å². The molecule has 0 radical (unpaired) electrons. The van der Waals surface area contributed by atoms with Crippen LogP contribution in [0.15, 0.2) is 24.3 Å². The lowest BCUT2D eigenvalue weighted by Gasteiger charge is -2.07. The minimum Gasteiger partial charge on any atom is -0.258 e. The average Bonchev–Trinajstić information content (AvgIpc) is 2.52. The molecule has 0 heterocycles. The van der Waals surface area contributed by atoms with Crippen LogP contribution in [-0.2, 0) is 6.42 Å². The molecule has 0 aliphatic heterocycles. The Kier molecular flexibility index (Phi) is 5.10. The van der Waals surface area contributed by atoms with Gasteiger partial charge in [0.1, 0.15) is 0 Å². The van der Waals surface area contributed by atoms with Gasteiger partial charge in [0.05, 0.1) is 19.7 Å². The van der Waals surface area contributed by atoms with Crippen LogP contribution in [-0.4, -0.2) is 19.7 Å². The Morgan fingerprint density at radius 2 is 0.963 bits per heavy atom. The number of rotatable bonds is 6. The van der Waals surface area contributed by atoms with Gasteiger partial charge in [-0.1, -0.05) is 0 Å². The molecule has 0 saturated heterocycles. The maximum atomic E-state index is 11.1. The fourth-order valence-corrected chi connectivity index (χ4v) is 2.86. The Bertz CT molecular complexity index is 922. The van der Waals surface area contributed by atoms with Gasteiger partial charge in [0, 0.05) is 23.3 Å². The van der Waals surface area contributed by atoms with E-state index in [1.165, 1.54) is 26.0 Å². The van der Waals surface area contributed by atoms with E-state index in [1.807, 2.05) is 0 Å². The van der Waals surface area contributed by atoms with Crippen molar-refractivity contribution >= 4 is 22.7 Å². The van der Waals surface area contributed by atoms with Gasteiger partial charge in [-0.3, -0.25) is 40.5 Å². The first-order valence-electron chi connectivity index (χ1n) is 7.37. The minimum absolute atomic E-state index is 0.0284. The van der Waals surface area contributed by atoms with Gasteiger partial charge in [-0.15, -0.1) is 0 Å². The molecule has 140 valence electrons. The second-order valence-corrected chi connectivity index (χ2v) is 5.77. The van der Waals surface area contributed by atoms with Crippen LogP contribution in [0.3, 0.4) is 0 Å².